The summed E-state index contributed by atoms with van der Waals surface area (Å²) >= 11 is 6.10. The topological polar surface area (TPSA) is 68.0 Å². The summed E-state index contributed by atoms with van der Waals surface area (Å²) in [6.45, 7) is 2.38. The van der Waals surface area contributed by atoms with Gasteiger partial charge in [0.15, 0.2) is 0 Å². The molecule has 2 rings (SSSR count). The van der Waals surface area contributed by atoms with E-state index < -0.39 is 0 Å². The third-order valence-electron chi connectivity index (χ3n) is 2.46. The minimum Gasteiger partial charge on any atom is -0.398 e. The molecule has 88 valence electrons. The van der Waals surface area contributed by atoms with Crippen LogP contribution in [-0.2, 0) is 0 Å². The number of rotatable bonds is 2. The minimum absolute atomic E-state index is 0.245. The average Bonchev–Trinajstić information content (AvgIpc) is 2.34. The minimum atomic E-state index is -0.245. The molecule has 0 spiro atoms. The van der Waals surface area contributed by atoms with Crippen LogP contribution >= 0.6 is 11.6 Å². The number of nitrogens with two attached hydrogens (primary N) is 1. The summed E-state index contributed by atoms with van der Waals surface area (Å²) in [4.78, 5) is 15.9. The summed E-state index contributed by atoms with van der Waals surface area (Å²) < 4.78 is 0. The van der Waals surface area contributed by atoms with Crippen LogP contribution in [0.4, 0.5) is 5.69 Å². The number of fused-ring (bicyclic) bond motifs is 1. The first-order valence-electron chi connectivity index (χ1n) is 5.26. The Morgan fingerprint density at radius 1 is 1.47 bits per heavy atom. The summed E-state index contributed by atoms with van der Waals surface area (Å²) in [5, 5.41) is 4.52. The molecule has 2 aromatic rings. The van der Waals surface area contributed by atoms with Crippen molar-refractivity contribution in [3.63, 3.8) is 0 Å². The van der Waals surface area contributed by atoms with Crippen LogP contribution in [0.3, 0.4) is 0 Å². The van der Waals surface area contributed by atoms with E-state index in [2.05, 4.69) is 10.3 Å². The monoisotopic (exact) mass is 249 g/mol. The van der Waals surface area contributed by atoms with Crippen LogP contribution in [0, 0.1) is 0 Å². The zero-order valence-electron chi connectivity index (χ0n) is 9.33. The van der Waals surface area contributed by atoms with Gasteiger partial charge in [0.05, 0.1) is 5.02 Å². The molecular formula is C12H12ClN3O. The standard InChI is InChI=1S/C12H12ClN3O/c1-2-15-12(17)11-10-7(5-6-16-11)9(14)4-3-8(10)13/h3-6H,2,14H2,1H3,(H,15,17). The lowest BCUT2D eigenvalue weighted by molar-refractivity contribution is 0.0952. The number of aromatic nitrogens is 1. The van der Waals surface area contributed by atoms with Gasteiger partial charge in [0.2, 0.25) is 0 Å². The van der Waals surface area contributed by atoms with Gasteiger partial charge in [0.25, 0.3) is 5.91 Å². The molecule has 17 heavy (non-hydrogen) atoms. The van der Waals surface area contributed by atoms with E-state index in [1.807, 2.05) is 6.92 Å². The van der Waals surface area contributed by atoms with Crippen LogP contribution in [-0.4, -0.2) is 17.4 Å². The number of anilines is 1. The Labute approximate surface area is 104 Å². The Morgan fingerprint density at radius 3 is 2.94 bits per heavy atom. The zero-order valence-corrected chi connectivity index (χ0v) is 10.1. The predicted molar refractivity (Wildman–Crippen MR) is 69.2 cm³/mol. The lowest BCUT2D eigenvalue weighted by Gasteiger charge is -2.08. The van der Waals surface area contributed by atoms with Gasteiger partial charge < -0.3 is 11.1 Å². The molecular weight excluding hydrogens is 238 g/mol. The Hall–Kier alpha value is -1.81. The van der Waals surface area contributed by atoms with Gasteiger partial charge >= 0.3 is 0 Å². The summed E-state index contributed by atoms with van der Waals surface area (Å²) in [6.07, 6.45) is 1.56. The fourth-order valence-electron chi connectivity index (χ4n) is 1.70. The van der Waals surface area contributed by atoms with Gasteiger partial charge in [-0.1, -0.05) is 11.6 Å². The number of hydrogen-bond donors (Lipinski definition) is 2. The molecule has 1 heterocycles. The van der Waals surface area contributed by atoms with Crippen LogP contribution in [0.15, 0.2) is 24.4 Å². The van der Waals surface area contributed by atoms with Crippen molar-refractivity contribution in [3.05, 3.63) is 35.1 Å². The highest BCUT2D eigenvalue weighted by atomic mass is 35.5. The lowest BCUT2D eigenvalue weighted by Crippen LogP contribution is -2.24. The number of pyridine rings is 1. The van der Waals surface area contributed by atoms with Crippen molar-refractivity contribution in [1.82, 2.24) is 10.3 Å². The molecule has 1 amide bonds. The first kappa shape index (κ1) is 11.7. The van der Waals surface area contributed by atoms with Crippen LogP contribution in [0.25, 0.3) is 10.8 Å². The van der Waals surface area contributed by atoms with E-state index in [1.54, 1.807) is 24.4 Å². The summed E-state index contributed by atoms with van der Waals surface area (Å²) in [6, 6.07) is 5.13. The normalized spacial score (nSPS) is 10.5. The molecule has 0 unspecified atom stereocenters. The third-order valence-corrected chi connectivity index (χ3v) is 2.78. The summed E-state index contributed by atoms with van der Waals surface area (Å²) in [7, 11) is 0. The summed E-state index contributed by atoms with van der Waals surface area (Å²) in [5.74, 6) is -0.245. The van der Waals surface area contributed by atoms with Crippen molar-refractivity contribution in [2.24, 2.45) is 0 Å². The molecule has 0 fully saturated rings. The SMILES string of the molecule is CCNC(=O)c1nccc2c(N)ccc(Cl)c12. The highest BCUT2D eigenvalue weighted by Gasteiger charge is 2.14. The number of carbonyl (C=O) groups is 1. The number of benzene rings is 1. The molecule has 0 atom stereocenters. The smallest absolute Gasteiger partial charge is 0.270 e. The van der Waals surface area contributed by atoms with E-state index in [0.717, 1.165) is 5.39 Å². The molecule has 3 N–H and O–H groups in total. The molecule has 0 bridgehead atoms. The number of carbonyl (C=O) groups excluding carboxylic acids is 1. The second-order valence-electron chi connectivity index (χ2n) is 3.58. The molecule has 1 aromatic carbocycles. The van der Waals surface area contributed by atoms with Gasteiger partial charge in [0.1, 0.15) is 5.69 Å². The summed E-state index contributed by atoms with van der Waals surface area (Å²) in [5.41, 5.74) is 6.74. The van der Waals surface area contributed by atoms with Crippen LogP contribution in [0.2, 0.25) is 5.02 Å². The lowest BCUT2D eigenvalue weighted by atomic mass is 10.1. The van der Waals surface area contributed by atoms with Crippen molar-refractivity contribution in [3.8, 4) is 0 Å². The van der Waals surface area contributed by atoms with E-state index >= 15 is 0 Å². The fourth-order valence-corrected chi connectivity index (χ4v) is 1.95. The number of nitrogen functional groups attached to an aromatic ring is 1. The number of amides is 1. The second-order valence-corrected chi connectivity index (χ2v) is 3.99. The van der Waals surface area contributed by atoms with Gasteiger partial charge in [-0.25, -0.2) is 0 Å². The first-order chi connectivity index (χ1) is 8.15. The molecule has 1 aromatic heterocycles. The van der Waals surface area contributed by atoms with Crippen LogP contribution in [0.5, 0.6) is 0 Å². The second kappa shape index (κ2) is 4.59. The Kier molecular flexibility index (Phi) is 3.15. The Morgan fingerprint density at radius 2 is 2.24 bits per heavy atom. The fraction of sp³-hybridized carbons (Fsp3) is 0.167. The van der Waals surface area contributed by atoms with Crippen molar-refractivity contribution >= 4 is 34.0 Å². The van der Waals surface area contributed by atoms with E-state index in [4.69, 9.17) is 17.3 Å². The van der Waals surface area contributed by atoms with Gasteiger partial charge in [-0.05, 0) is 25.1 Å². The van der Waals surface area contributed by atoms with E-state index in [9.17, 15) is 4.79 Å². The number of nitrogens with zero attached hydrogens (tertiary/aromatic N) is 1. The Balaban J connectivity index is 2.72. The van der Waals surface area contributed by atoms with Gasteiger partial charge in [-0.2, -0.15) is 0 Å². The highest BCUT2D eigenvalue weighted by Crippen LogP contribution is 2.29. The molecule has 0 aliphatic carbocycles. The maximum Gasteiger partial charge on any atom is 0.270 e. The number of hydrogen-bond acceptors (Lipinski definition) is 3. The van der Waals surface area contributed by atoms with Gasteiger partial charge in [0, 0.05) is 29.2 Å². The van der Waals surface area contributed by atoms with Gasteiger partial charge in [-0.3, -0.25) is 9.78 Å². The maximum atomic E-state index is 11.8. The third kappa shape index (κ3) is 2.03. The molecule has 5 heteroatoms. The van der Waals surface area contributed by atoms with Crippen LogP contribution in [0.1, 0.15) is 17.4 Å². The first-order valence-corrected chi connectivity index (χ1v) is 5.63. The molecule has 0 radical (unpaired) electrons. The zero-order chi connectivity index (χ0) is 12.4. The quantitative estimate of drug-likeness (QED) is 0.802. The van der Waals surface area contributed by atoms with Crippen molar-refractivity contribution in [2.75, 3.05) is 12.3 Å². The van der Waals surface area contributed by atoms with Gasteiger partial charge in [-0.15, -0.1) is 0 Å². The number of nitrogens with one attached hydrogen (secondary N) is 1. The van der Waals surface area contributed by atoms with E-state index in [1.165, 1.54) is 0 Å². The molecule has 0 saturated heterocycles. The van der Waals surface area contributed by atoms with Crippen LogP contribution < -0.4 is 11.1 Å². The molecule has 0 aliphatic rings. The highest BCUT2D eigenvalue weighted by molar-refractivity contribution is 6.37. The largest absolute Gasteiger partial charge is 0.398 e. The number of halogens is 1. The van der Waals surface area contributed by atoms with E-state index in [0.29, 0.717) is 28.3 Å². The van der Waals surface area contributed by atoms with Crippen molar-refractivity contribution < 1.29 is 4.79 Å². The maximum absolute atomic E-state index is 11.8. The molecule has 0 aliphatic heterocycles. The molecule has 0 saturated carbocycles. The van der Waals surface area contributed by atoms with E-state index in [-0.39, 0.29) is 5.91 Å². The average molecular weight is 250 g/mol. The van der Waals surface area contributed by atoms with Crippen molar-refractivity contribution in [2.45, 2.75) is 6.92 Å². The predicted octanol–water partition coefficient (Wildman–Crippen LogP) is 2.22. The molecule has 4 nitrogen and oxygen atoms in total. The van der Waals surface area contributed by atoms with Crippen molar-refractivity contribution in [1.29, 1.82) is 0 Å². The Bertz CT molecular complexity index is 583.